The second kappa shape index (κ2) is 6.20. The van der Waals surface area contributed by atoms with Gasteiger partial charge in [-0.2, -0.15) is 11.8 Å². The Bertz CT molecular complexity index is 639. The molecule has 1 unspecified atom stereocenters. The summed E-state index contributed by atoms with van der Waals surface area (Å²) >= 11 is 2.09. The second-order valence-electron chi connectivity index (χ2n) is 6.73. The number of rotatable bonds is 3. The lowest BCUT2D eigenvalue weighted by atomic mass is 9.96. The van der Waals surface area contributed by atoms with E-state index in [1.54, 1.807) is 0 Å². The summed E-state index contributed by atoms with van der Waals surface area (Å²) in [5.74, 6) is 5.28. The summed E-state index contributed by atoms with van der Waals surface area (Å²) in [6.45, 7) is 3.46. The fourth-order valence-electron chi connectivity index (χ4n) is 3.72. The van der Waals surface area contributed by atoms with Crippen molar-refractivity contribution >= 4 is 22.9 Å². The van der Waals surface area contributed by atoms with Crippen LogP contribution in [0.15, 0.2) is 18.3 Å². The first kappa shape index (κ1) is 14.5. The van der Waals surface area contributed by atoms with Crippen LogP contribution in [0.4, 0.5) is 0 Å². The summed E-state index contributed by atoms with van der Waals surface area (Å²) in [7, 11) is 2.22. The van der Waals surface area contributed by atoms with E-state index in [2.05, 4.69) is 39.3 Å². The number of imidazole rings is 1. The molecule has 0 N–H and O–H groups in total. The van der Waals surface area contributed by atoms with E-state index in [4.69, 9.17) is 4.98 Å². The largest absolute Gasteiger partial charge is 0.312 e. The van der Waals surface area contributed by atoms with E-state index in [0.29, 0.717) is 5.92 Å². The van der Waals surface area contributed by atoms with E-state index >= 15 is 0 Å². The van der Waals surface area contributed by atoms with E-state index in [-0.39, 0.29) is 0 Å². The molecule has 118 valence electrons. The molecule has 2 aliphatic rings. The van der Waals surface area contributed by atoms with Crippen molar-refractivity contribution in [2.24, 2.45) is 5.92 Å². The van der Waals surface area contributed by atoms with Crippen molar-refractivity contribution in [1.29, 1.82) is 0 Å². The minimum absolute atomic E-state index is 0.597. The molecule has 2 saturated heterocycles. The van der Waals surface area contributed by atoms with Gasteiger partial charge in [-0.25, -0.2) is 9.97 Å². The number of pyridine rings is 1. The van der Waals surface area contributed by atoms with Gasteiger partial charge >= 0.3 is 0 Å². The Balaban J connectivity index is 1.69. The smallest absolute Gasteiger partial charge is 0.160 e. The van der Waals surface area contributed by atoms with Crippen LogP contribution in [0.1, 0.15) is 31.0 Å². The number of hydrogen-bond donors (Lipinski definition) is 0. The first-order valence-corrected chi connectivity index (χ1v) is 9.54. The summed E-state index contributed by atoms with van der Waals surface area (Å²) in [6.07, 6.45) is 5.69. The zero-order valence-electron chi connectivity index (χ0n) is 13.2. The third-order valence-electron chi connectivity index (χ3n) is 5.08. The molecule has 0 saturated carbocycles. The van der Waals surface area contributed by atoms with Crippen molar-refractivity contribution in [2.45, 2.75) is 31.7 Å². The lowest BCUT2D eigenvalue weighted by Gasteiger charge is -2.29. The first-order chi connectivity index (χ1) is 10.8. The quantitative estimate of drug-likeness (QED) is 0.872. The summed E-state index contributed by atoms with van der Waals surface area (Å²) in [5.41, 5.74) is 2.16. The van der Waals surface area contributed by atoms with E-state index in [1.807, 2.05) is 12.3 Å². The van der Waals surface area contributed by atoms with Gasteiger partial charge in [0.25, 0.3) is 0 Å². The van der Waals surface area contributed by atoms with Gasteiger partial charge in [0.2, 0.25) is 0 Å². The van der Waals surface area contributed by atoms with Gasteiger partial charge in [-0.15, -0.1) is 0 Å². The van der Waals surface area contributed by atoms with Crippen molar-refractivity contribution in [1.82, 2.24) is 19.4 Å². The van der Waals surface area contributed by atoms with Crippen LogP contribution in [-0.2, 0) is 6.54 Å². The van der Waals surface area contributed by atoms with E-state index in [0.717, 1.165) is 23.6 Å². The molecule has 0 aromatic carbocycles. The Morgan fingerprint density at radius 1 is 1.27 bits per heavy atom. The molecule has 0 bridgehead atoms. The lowest BCUT2D eigenvalue weighted by Crippen LogP contribution is -2.30. The maximum Gasteiger partial charge on any atom is 0.160 e. The molecule has 1 atom stereocenters. The molecule has 0 spiro atoms. The van der Waals surface area contributed by atoms with Crippen molar-refractivity contribution in [3.05, 3.63) is 24.2 Å². The Labute approximate surface area is 136 Å². The number of nitrogens with zero attached hydrogens (tertiary/aromatic N) is 4. The van der Waals surface area contributed by atoms with Crippen LogP contribution in [0.2, 0.25) is 0 Å². The van der Waals surface area contributed by atoms with Crippen LogP contribution < -0.4 is 0 Å². The fourth-order valence-corrected chi connectivity index (χ4v) is 4.99. The molecule has 2 fully saturated rings. The SMILES string of the molecule is CN1CCC(c2nc3cccnc3n2CC2CCSC2)CC1. The van der Waals surface area contributed by atoms with Gasteiger partial charge in [-0.3, -0.25) is 0 Å². The third-order valence-corrected chi connectivity index (χ3v) is 6.31. The van der Waals surface area contributed by atoms with Crippen molar-refractivity contribution in [3.63, 3.8) is 0 Å². The number of likely N-dealkylation sites (tertiary alicyclic amines) is 1. The van der Waals surface area contributed by atoms with Crippen LogP contribution in [0.3, 0.4) is 0 Å². The Hall–Kier alpha value is -1.07. The van der Waals surface area contributed by atoms with Crippen LogP contribution in [0.25, 0.3) is 11.2 Å². The van der Waals surface area contributed by atoms with Gasteiger partial charge < -0.3 is 9.47 Å². The van der Waals surface area contributed by atoms with Crippen molar-refractivity contribution in [3.8, 4) is 0 Å². The summed E-state index contributed by atoms with van der Waals surface area (Å²) in [6, 6.07) is 4.12. The van der Waals surface area contributed by atoms with Gasteiger partial charge in [0, 0.05) is 18.7 Å². The average molecular weight is 316 g/mol. The minimum atomic E-state index is 0.597. The highest BCUT2D eigenvalue weighted by atomic mass is 32.2. The highest BCUT2D eigenvalue weighted by molar-refractivity contribution is 7.99. The Morgan fingerprint density at radius 3 is 2.91 bits per heavy atom. The molecule has 22 heavy (non-hydrogen) atoms. The molecular formula is C17H24N4S. The number of aromatic nitrogens is 3. The zero-order chi connectivity index (χ0) is 14.9. The first-order valence-electron chi connectivity index (χ1n) is 8.38. The van der Waals surface area contributed by atoms with Crippen LogP contribution in [0, 0.1) is 5.92 Å². The molecule has 2 aromatic rings. The average Bonchev–Trinajstić information content (AvgIpc) is 3.17. The number of hydrogen-bond acceptors (Lipinski definition) is 4. The molecule has 4 nitrogen and oxygen atoms in total. The topological polar surface area (TPSA) is 34.0 Å². The monoisotopic (exact) mass is 316 g/mol. The highest BCUT2D eigenvalue weighted by Crippen LogP contribution is 2.32. The van der Waals surface area contributed by atoms with Crippen molar-refractivity contribution in [2.75, 3.05) is 31.6 Å². The van der Waals surface area contributed by atoms with Crippen molar-refractivity contribution < 1.29 is 0 Å². The van der Waals surface area contributed by atoms with Gasteiger partial charge in [-0.1, -0.05) is 0 Å². The van der Waals surface area contributed by atoms with E-state index in [9.17, 15) is 0 Å². The Morgan fingerprint density at radius 2 is 2.14 bits per heavy atom. The molecule has 2 aliphatic heterocycles. The molecule has 0 amide bonds. The van der Waals surface area contributed by atoms with Crippen LogP contribution in [0.5, 0.6) is 0 Å². The molecule has 5 heteroatoms. The molecule has 0 radical (unpaired) electrons. The summed E-state index contributed by atoms with van der Waals surface area (Å²) < 4.78 is 2.45. The maximum atomic E-state index is 4.98. The van der Waals surface area contributed by atoms with Crippen LogP contribution >= 0.6 is 11.8 Å². The molecular weight excluding hydrogens is 292 g/mol. The normalized spacial score (nSPS) is 24.3. The zero-order valence-corrected chi connectivity index (χ0v) is 14.1. The number of thioether (sulfide) groups is 1. The van der Waals surface area contributed by atoms with Gasteiger partial charge in [-0.05, 0) is 69.0 Å². The van der Waals surface area contributed by atoms with Crippen LogP contribution in [-0.4, -0.2) is 51.1 Å². The summed E-state index contributed by atoms with van der Waals surface area (Å²) in [4.78, 5) is 12.0. The third kappa shape index (κ3) is 2.76. The minimum Gasteiger partial charge on any atom is -0.312 e. The van der Waals surface area contributed by atoms with Gasteiger partial charge in [0.15, 0.2) is 5.65 Å². The standard InChI is InChI=1S/C17H24N4S/c1-20-8-4-14(5-9-20)16-19-15-3-2-7-18-17(15)21(16)11-13-6-10-22-12-13/h2-3,7,13-14H,4-6,8-12H2,1H3. The predicted octanol–water partition coefficient (Wildman–Crippen LogP) is 2.99. The van der Waals surface area contributed by atoms with E-state index < -0.39 is 0 Å². The van der Waals surface area contributed by atoms with Gasteiger partial charge in [0.1, 0.15) is 11.3 Å². The predicted molar refractivity (Wildman–Crippen MR) is 92.4 cm³/mol. The highest BCUT2D eigenvalue weighted by Gasteiger charge is 2.26. The molecule has 4 rings (SSSR count). The molecule has 2 aromatic heterocycles. The fraction of sp³-hybridized carbons (Fsp3) is 0.647. The second-order valence-corrected chi connectivity index (χ2v) is 7.88. The van der Waals surface area contributed by atoms with Gasteiger partial charge in [0.05, 0.1) is 0 Å². The lowest BCUT2D eigenvalue weighted by molar-refractivity contribution is 0.248. The molecule has 0 aliphatic carbocycles. The summed E-state index contributed by atoms with van der Waals surface area (Å²) in [5, 5.41) is 0. The number of piperidine rings is 1. The van der Waals surface area contributed by atoms with E-state index in [1.165, 1.54) is 49.7 Å². The maximum absolute atomic E-state index is 4.98. The Kier molecular flexibility index (Phi) is 4.09. The molecule has 4 heterocycles. The number of fused-ring (bicyclic) bond motifs is 1.